The number of amides is 2. The van der Waals surface area contributed by atoms with E-state index in [0.29, 0.717) is 25.6 Å². The van der Waals surface area contributed by atoms with Gasteiger partial charge in [-0.15, -0.1) is 0 Å². The van der Waals surface area contributed by atoms with Crippen LogP contribution in [-0.2, 0) is 11.3 Å². The molecule has 0 saturated carbocycles. The molecule has 0 atom stereocenters. The molecule has 1 aromatic rings. The Hall–Kier alpha value is -1.59. The van der Waals surface area contributed by atoms with E-state index in [-0.39, 0.29) is 6.03 Å². The number of benzene rings is 1. The molecule has 0 bridgehead atoms. The molecule has 0 heterocycles. The van der Waals surface area contributed by atoms with Gasteiger partial charge < -0.3 is 21.1 Å². The second-order valence-corrected chi connectivity index (χ2v) is 5.10. The van der Waals surface area contributed by atoms with Gasteiger partial charge in [0.05, 0.1) is 0 Å². The van der Waals surface area contributed by atoms with Gasteiger partial charge in [-0.1, -0.05) is 26.0 Å². The van der Waals surface area contributed by atoms with Crippen LogP contribution >= 0.6 is 0 Å². The molecule has 0 spiro atoms. The minimum Gasteiger partial charge on any atom is -0.381 e. The Morgan fingerprint density at radius 1 is 1.30 bits per heavy atom. The summed E-state index contributed by atoms with van der Waals surface area (Å²) < 4.78 is 5.44. The second-order valence-electron chi connectivity index (χ2n) is 5.10. The summed E-state index contributed by atoms with van der Waals surface area (Å²) in [7, 11) is 0. The summed E-state index contributed by atoms with van der Waals surface area (Å²) in [5.41, 5.74) is 7.31. The number of ether oxygens (including phenoxy) is 1. The first-order chi connectivity index (χ1) is 9.61. The molecule has 5 heteroatoms. The van der Waals surface area contributed by atoms with Crippen molar-refractivity contribution < 1.29 is 9.53 Å². The van der Waals surface area contributed by atoms with Crippen molar-refractivity contribution in [3.05, 3.63) is 29.8 Å². The van der Waals surface area contributed by atoms with Gasteiger partial charge >= 0.3 is 6.03 Å². The fourth-order valence-corrected chi connectivity index (χ4v) is 1.59. The molecule has 1 rings (SSSR count). The molecule has 1 aromatic carbocycles. The zero-order valence-corrected chi connectivity index (χ0v) is 12.3. The van der Waals surface area contributed by atoms with E-state index in [9.17, 15) is 4.79 Å². The van der Waals surface area contributed by atoms with Crippen LogP contribution in [0, 0.1) is 5.92 Å². The number of carbonyl (C=O) groups excluding carboxylic acids is 1. The maximum atomic E-state index is 11.6. The first-order valence-corrected chi connectivity index (χ1v) is 7.03. The van der Waals surface area contributed by atoms with Gasteiger partial charge in [0.15, 0.2) is 0 Å². The van der Waals surface area contributed by atoms with Crippen LogP contribution in [0.2, 0.25) is 0 Å². The standard InChI is InChI=1S/C15H25N3O2/c1-12(2)11-20-9-3-8-17-15(19)18-14-6-4-13(10-16)5-7-14/h4-7,12H,3,8-11,16H2,1-2H3,(H2,17,18,19). The molecule has 0 radical (unpaired) electrons. The molecule has 0 unspecified atom stereocenters. The lowest BCUT2D eigenvalue weighted by atomic mass is 10.2. The molecule has 0 aliphatic rings. The molecule has 0 aromatic heterocycles. The smallest absolute Gasteiger partial charge is 0.319 e. The average Bonchev–Trinajstić information content (AvgIpc) is 2.43. The lowest BCUT2D eigenvalue weighted by molar-refractivity contribution is 0.108. The Morgan fingerprint density at radius 3 is 2.60 bits per heavy atom. The third kappa shape index (κ3) is 7.11. The predicted molar refractivity (Wildman–Crippen MR) is 81.6 cm³/mol. The third-order valence-electron chi connectivity index (χ3n) is 2.65. The minimum atomic E-state index is -0.200. The van der Waals surface area contributed by atoms with Gasteiger partial charge in [-0.25, -0.2) is 4.79 Å². The molecule has 0 aliphatic carbocycles. The number of carbonyl (C=O) groups is 1. The molecule has 0 fully saturated rings. The number of urea groups is 1. The van der Waals surface area contributed by atoms with Gasteiger partial charge in [0.1, 0.15) is 0 Å². The van der Waals surface area contributed by atoms with Gasteiger partial charge in [-0.3, -0.25) is 0 Å². The fraction of sp³-hybridized carbons (Fsp3) is 0.533. The van der Waals surface area contributed by atoms with Crippen LogP contribution in [0.25, 0.3) is 0 Å². The summed E-state index contributed by atoms with van der Waals surface area (Å²) in [4.78, 5) is 11.6. The van der Waals surface area contributed by atoms with E-state index in [1.54, 1.807) is 0 Å². The van der Waals surface area contributed by atoms with Crippen LogP contribution in [0.3, 0.4) is 0 Å². The maximum absolute atomic E-state index is 11.6. The first-order valence-electron chi connectivity index (χ1n) is 7.03. The quantitative estimate of drug-likeness (QED) is 0.639. The zero-order valence-electron chi connectivity index (χ0n) is 12.3. The summed E-state index contributed by atoms with van der Waals surface area (Å²) in [6, 6.07) is 7.28. The van der Waals surface area contributed by atoms with Gasteiger partial charge in [0.2, 0.25) is 0 Å². The van der Waals surface area contributed by atoms with Gasteiger partial charge in [-0.2, -0.15) is 0 Å². The number of nitrogens with one attached hydrogen (secondary N) is 2. The van der Waals surface area contributed by atoms with Crippen molar-refractivity contribution in [2.45, 2.75) is 26.8 Å². The monoisotopic (exact) mass is 279 g/mol. The van der Waals surface area contributed by atoms with Crippen LogP contribution in [-0.4, -0.2) is 25.8 Å². The Balaban J connectivity index is 2.13. The average molecular weight is 279 g/mol. The van der Waals surface area contributed by atoms with E-state index < -0.39 is 0 Å². The lowest BCUT2D eigenvalue weighted by Crippen LogP contribution is -2.30. The van der Waals surface area contributed by atoms with Crippen molar-refractivity contribution in [1.82, 2.24) is 5.32 Å². The van der Waals surface area contributed by atoms with Gasteiger partial charge in [-0.05, 0) is 30.0 Å². The predicted octanol–water partition coefficient (Wildman–Crippen LogP) is 2.33. The van der Waals surface area contributed by atoms with Crippen molar-refractivity contribution >= 4 is 11.7 Å². The van der Waals surface area contributed by atoms with E-state index in [2.05, 4.69) is 24.5 Å². The second kappa shape index (κ2) is 9.34. The molecule has 4 N–H and O–H groups in total. The largest absolute Gasteiger partial charge is 0.381 e. The van der Waals surface area contributed by atoms with Crippen molar-refractivity contribution in [3.63, 3.8) is 0 Å². The van der Waals surface area contributed by atoms with Crippen molar-refractivity contribution in [2.75, 3.05) is 25.1 Å². The molecule has 20 heavy (non-hydrogen) atoms. The Kier molecular flexibility index (Phi) is 7.69. The fourth-order valence-electron chi connectivity index (χ4n) is 1.59. The number of anilines is 1. The minimum absolute atomic E-state index is 0.200. The van der Waals surface area contributed by atoms with Crippen LogP contribution in [0.1, 0.15) is 25.8 Å². The van der Waals surface area contributed by atoms with Crippen LogP contribution in [0.4, 0.5) is 10.5 Å². The highest BCUT2D eigenvalue weighted by atomic mass is 16.5. The van der Waals surface area contributed by atoms with Crippen LogP contribution in [0.15, 0.2) is 24.3 Å². The molecule has 2 amide bonds. The number of hydrogen-bond donors (Lipinski definition) is 3. The topological polar surface area (TPSA) is 76.4 Å². The van der Waals surface area contributed by atoms with E-state index >= 15 is 0 Å². The summed E-state index contributed by atoms with van der Waals surface area (Å²) in [5, 5.41) is 5.56. The normalized spacial score (nSPS) is 10.6. The van der Waals surface area contributed by atoms with Crippen LogP contribution < -0.4 is 16.4 Å². The maximum Gasteiger partial charge on any atom is 0.319 e. The number of nitrogens with two attached hydrogens (primary N) is 1. The summed E-state index contributed by atoms with van der Waals surface area (Å²) >= 11 is 0. The highest BCUT2D eigenvalue weighted by molar-refractivity contribution is 5.89. The number of hydrogen-bond acceptors (Lipinski definition) is 3. The van der Waals surface area contributed by atoms with E-state index in [1.165, 1.54) is 0 Å². The molecule has 5 nitrogen and oxygen atoms in total. The molecule has 0 saturated heterocycles. The Bertz CT molecular complexity index is 391. The molecular weight excluding hydrogens is 254 g/mol. The Morgan fingerprint density at radius 2 is 2.00 bits per heavy atom. The molecule has 112 valence electrons. The van der Waals surface area contributed by atoms with E-state index in [1.807, 2.05) is 24.3 Å². The summed E-state index contributed by atoms with van der Waals surface area (Å²) in [6.45, 7) is 6.76. The summed E-state index contributed by atoms with van der Waals surface area (Å²) in [5.74, 6) is 0.544. The third-order valence-corrected chi connectivity index (χ3v) is 2.65. The van der Waals surface area contributed by atoms with Crippen molar-refractivity contribution in [2.24, 2.45) is 11.7 Å². The summed E-state index contributed by atoms with van der Waals surface area (Å²) in [6.07, 6.45) is 0.812. The van der Waals surface area contributed by atoms with E-state index in [0.717, 1.165) is 24.3 Å². The van der Waals surface area contributed by atoms with Gasteiger partial charge in [0, 0.05) is 32.0 Å². The molecular formula is C15H25N3O2. The van der Waals surface area contributed by atoms with Crippen molar-refractivity contribution in [1.29, 1.82) is 0 Å². The number of rotatable bonds is 8. The van der Waals surface area contributed by atoms with Crippen LogP contribution in [0.5, 0.6) is 0 Å². The Labute approximate surface area is 120 Å². The molecule has 0 aliphatic heterocycles. The highest BCUT2D eigenvalue weighted by Crippen LogP contribution is 2.08. The van der Waals surface area contributed by atoms with Gasteiger partial charge in [0.25, 0.3) is 0 Å². The first kappa shape index (κ1) is 16.5. The SMILES string of the molecule is CC(C)COCCCNC(=O)Nc1ccc(CN)cc1. The van der Waals surface area contributed by atoms with Crippen molar-refractivity contribution in [3.8, 4) is 0 Å². The highest BCUT2D eigenvalue weighted by Gasteiger charge is 2.01. The lowest BCUT2D eigenvalue weighted by Gasteiger charge is -2.09. The van der Waals surface area contributed by atoms with E-state index in [4.69, 9.17) is 10.5 Å². The zero-order chi connectivity index (χ0) is 14.8.